The molecule has 0 aliphatic rings. The van der Waals surface area contributed by atoms with Crippen molar-refractivity contribution in [2.24, 2.45) is 0 Å². The summed E-state index contributed by atoms with van der Waals surface area (Å²) in [5.41, 5.74) is 4.49. The number of nitrogens with zero attached hydrogens (tertiary/aromatic N) is 1. The molecule has 0 spiro atoms. The van der Waals surface area contributed by atoms with E-state index in [-0.39, 0.29) is 0 Å². The van der Waals surface area contributed by atoms with Gasteiger partial charge in [-0.05, 0) is 12.5 Å². The molecule has 0 saturated carbocycles. The molecule has 0 aliphatic carbocycles. The zero-order chi connectivity index (χ0) is 9.10. The Kier molecular flexibility index (Phi) is 2.41. The van der Waals surface area contributed by atoms with Crippen LogP contribution in [0.1, 0.15) is 11.1 Å². The number of aromatic nitrogens is 1. The smallest absolute Gasteiger partial charge is 0.191 e. The molecular formula is C11H11NS+. The Hall–Kier alpha value is -1.15. The average molecular weight is 189 g/mol. The van der Waals surface area contributed by atoms with Crippen molar-refractivity contribution in [2.45, 2.75) is 6.54 Å². The third-order valence-corrected chi connectivity index (χ3v) is 2.59. The number of hydrogen-bond donors (Lipinski definition) is 0. The molecule has 1 radical (unpaired) electrons. The molecule has 0 unspecified atom stereocenters. The average Bonchev–Trinajstić information content (AvgIpc) is 2.62. The highest BCUT2D eigenvalue weighted by atomic mass is 32.1. The summed E-state index contributed by atoms with van der Waals surface area (Å²) in [4.78, 5) is 0. The van der Waals surface area contributed by atoms with E-state index < -0.39 is 0 Å². The summed E-state index contributed by atoms with van der Waals surface area (Å²) in [6.07, 6.45) is 2.09. The lowest BCUT2D eigenvalue weighted by atomic mass is 10.1. The van der Waals surface area contributed by atoms with Crippen LogP contribution in [0.25, 0.3) is 0 Å². The molecule has 65 valence electrons. The summed E-state index contributed by atoms with van der Waals surface area (Å²) in [6, 6.07) is 8.32. The lowest BCUT2D eigenvalue weighted by Crippen LogP contribution is -2.30. The number of hydrogen-bond acceptors (Lipinski definition) is 1. The molecule has 0 bridgehead atoms. The first-order valence-corrected chi connectivity index (χ1v) is 5.11. The van der Waals surface area contributed by atoms with E-state index in [2.05, 4.69) is 40.7 Å². The Labute approximate surface area is 82.3 Å². The van der Waals surface area contributed by atoms with E-state index in [4.69, 9.17) is 0 Å². The quantitative estimate of drug-likeness (QED) is 0.638. The van der Waals surface area contributed by atoms with Crippen molar-refractivity contribution in [3.8, 4) is 0 Å². The van der Waals surface area contributed by atoms with E-state index in [1.54, 1.807) is 11.3 Å². The van der Waals surface area contributed by atoms with Crippen molar-refractivity contribution in [3.63, 3.8) is 0 Å². The molecule has 1 heterocycles. The Balaban J connectivity index is 2.15. The molecule has 13 heavy (non-hydrogen) atoms. The van der Waals surface area contributed by atoms with Gasteiger partial charge in [-0.1, -0.05) is 35.6 Å². The van der Waals surface area contributed by atoms with Crippen molar-refractivity contribution in [1.29, 1.82) is 0 Å². The van der Waals surface area contributed by atoms with Crippen LogP contribution >= 0.6 is 11.3 Å². The molecule has 1 nitrogen and oxygen atoms in total. The second-order valence-electron chi connectivity index (χ2n) is 3.02. The van der Waals surface area contributed by atoms with Gasteiger partial charge in [0.05, 0.1) is 5.38 Å². The van der Waals surface area contributed by atoms with Gasteiger partial charge in [-0.2, -0.15) is 4.57 Å². The van der Waals surface area contributed by atoms with Crippen molar-refractivity contribution in [3.05, 3.63) is 59.4 Å². The Morgan fingerprint density at radius 1 is 1.23 bits per heavy atom. The van der Waals surface area contributed by atoms with Crippen LogP contribution in [0.2, 0.25) is 0 Å². The Morgan fingerprint density at radius 2 is 2.00 bits per heavy atom. The molecule has 0 atom stereocenters. The first-order valence-electron chi connectivity index (χ1n) is 4.17. The minimum absolute atomic E-state index is 0.948. The first kappa shape index (κ1) is 8.45. The molecule has 0 amide bonds. The van der Waals surface area contributed by atoms with Gasteiger partial charge in [0.15, 0.2) is 12.7 Å². The van der Waals surface area contributed by atoms with E-state index in [0.717, 1.165) is 12.1 Å². The fraction of sp³-hybridized carbons (Fsp3) is 0.0909. The summed E-state index contributed by atoms with van der Waals surface area (Å²) in [6.45, 7) is 4.80. The van der Waals surface area contributed by atoms with E-state index in [1.807, 2.05) is 12.1 Å². The predicted octanol–water partition coefficient (Wildman–Crippen LogP) is 2.27. The second kappa shape index (κ2) is 3.71. The van der Waals surface area contributed by atoms with Gasteiger partial charge < -0.3 is 0 Å². The van der Waals surface area contributed by atoms with E-state index in [9.17, 15) is 0 Å². The van der Waals surface area contributed by atoms with Crippen LogP contribution < -0.4 is 4.57 Å². The summed E-state index contributed by atoms with van der Waals surface area (Å²) in [7, 11) is 0. The maximum Gasteiger partial charge on any atom is 0.224 e. The van der Waals surface area contributed by atoms with Gasteiger partial charge in [0.1, 0.15) is 0 Å². The Morgan fingerprint density at radius 3 is 2.62 bits per heavy atom. The zero-order valence-electron chi connectivity index (χ0n) is 7.31. The van der Waals surface area contributed by atoms with Gasteiger partial charge >= 0.3 is 0 Å². The summed E-state index contributed by atoms with van der Waals surface area (Å²) in [5, 5.41) is 2.08. The number of benzene rings is 1. The van der Waals surface area contributed by atoms with Gasteiger partial charge in [0.2, 0.25) is 5.51 Å². The molecule has 0 fully saturated rings. The fourth-order valence-corrected chi connectivity index (χ4v) is 1.81. The van der Waals surface area contributed by atoms with Crippen LogP contribution in [0.4, 0.5) is 0 Å². The van der Waals surface area contributed by atoms with Crippen LogP contribution in [0.15, 0.2) is 41.4 Å². The molecule has 2 rings (SSSR count). The SMILES string of the molecule is [CH2]c1ccc(C[n+]2ccsc2)cc1. The third kappa shape index (κ3) is 2.16. The Bertz CT molecular complexity index is 361. The van der Waals surface area contributed by atoms with Gasteiger partial charge in [0.25, 0.3) is 0 Å². The van der Waals surface area contributed by atoms with Crippen LogP contribution in [-0.4, -0.2) is 0 Å². The molecule has 2 aromatic rings. The number of thiazole rings is 1. The monoisotopic (exact) mass is 189 g/mol. The molecule has 1 aromatic heterocycles. The summed E-state index contributed by atoms with van der Waals surface area (Å²) >= 11 is 1.71. The van der Waals surface area contributed by atoms with E-state index >= 15 is 0 Å². The summed E-state index contributed by atoms with van der Waals surface area (Å²) < 4.78 is 2.17. The lowest BCUT2D eigenvalue weighted by molar-refractivity contribution is -0.683. The maximum absolute atomic E-state index is 3.85. The predicted molar refractivity (Wildman–Crippen MR) is 54.5 cm³/mol. The lowest BCUT2D eigenvalue weighted by Gasteiger charge is -1.95. The highest BCUT2D eigenvalue weighted by Gasteiger charge is 2.00. The van der Waals surface area contributed by atoms with E-state index in [0.29, 0.717) is 0 Å². The fourth-order valence-electron chi connectivity index (χ4n) is 1.21. The van der Waals surface area contributed by atoms with Crippen molar-refractivity contribution in [2.75, 3.05) is 0 Å². The minimum atomic E-state index is 0.948. The normalized spacial score (nSPS) is 10.2. The van der Waals surface area contributed by atoms with Gasteiger partial charge in [-0.15, -0.1) is 0 Å². The molecule has 0 N–H and O–H groups in total. The van der Waals surface area contributed by atoms with Gasteiger partial charge in [-0.25, -0.2) is 0 Å². The summed E-state index contributed by atoms with van der Waals surface area (Å²) in [5.74, 6) is 0. The molecule has 2 heteroatoms. The standard InChI is InChI=1S/C11H11NS/c1-10-2-4-11(5-3-10)8-12-6-7-13-9-12/h2-7,9H,1,8H2/q+1. The zero-order valence-corrected chi connectivity index (χ0v) is 8.13. The van der Waals surface area contributed by atoms with Crippen LogP contribution in [-0.2, 0) is 6.54 Å². The van der Waals surface area contributed by atoms with Crippen LogP contribution in [0, 0.1) is 6.92 Å². The highest BCUT2D eigenvalue weighted by Crippen LogP contribution is 2.02. The van der Waals surface area contributed by atoms with E-state index in [1.165, 1.54) is 5.56 Å². The first-order chi connectivity index (χ1) is 6.34. The van der Waals surface area contributed by atoms with Crippen LogP contribution in [0.3, 0.4) is 0 Å². The van der Waals surface area contributed by atoms with Gasteiger partial charge in [-0.3, -0.25) is 0 Å². The van der Waals surface area contributed by atoms with Crippen molar-refractivity contribution < 1.29 is 4.57 Å². The van der Waals surface area contributed by atoms with Crippen molar-refractivity contribution >= 4 is 11.3 Å². The van der Waals surface area contributed by atoms with Gasteiger partial charge in [0, 0.05) is 5.56 Å². The largest absolute Gasteiger partial charge is 0.224 e. The molecule has 1 aromatic carbocycles. The third-order valence-electron chi connectivity index (χ3n) is 1.92. The minimum Gasteiger partial charge on any atom is -0.191 e. The topological polar surface area (TPSA) is 3.88 Å². The molecular weight excluding hydrogens is 178 g/mol. The molecule has 0 aliphatic heterocycles. The highest BCUT2D eigenvalue weighted by molar-refractivity contribution is 7.07. The van der Waals surface area contributed by atoms with Crippen molar-refractivity contribution in [1.82, 2.24) is 0 Å². The van der Waals surface area contributed by atoms with Crippen LogP contribution in [0.5, 0.6) is 0 Å². The maximum atomic E-state index is 3.85. The number of rotatable bonds is 2. The molecule has 0 saturated heterocycles. The second-order valence-corrected chi connectivity index (χ2v) is 3.77.